The number of hydrogen-bond acceptors (Lipinski definition) is 5. The smallest absolute Gasteiger partial charge is 0.251 e. The maximum Gasteiger partial charge on any atom is 0.251 e. The van der Waals surface area contributed by atoms with Crippen molar-refractivity contribution >= 4 is 0 Å². The summed E-state index contributed by atoms with van der Waals surface area (Å²) < 4.78 is 11.0. The fraction of sp³-hybridized carbons (Fsp3) is 0.429. The molecule has 0 aliphatic carbocycles. The van der Waals surface area contributed by atoms with Crippen molar-refractivity contribution < 1.29 is 9.15 Å². The third kappa shape index (κ3) is 2.93. The lowest BCUT2D eigenvalue weighted by atomic mass is 10.0. The van der Waals surface area contributed by atoms with Crippen molar-refractivity contribution in [3.63, 3.8) is 0 Å². The minimum atomic E-state index is 0.443. The molecule has 2 N–H and O–H groups in total. The van der Waals surface area contributed by atoms with E-state index in [1.165, 1.54) is 5.56 Å². The van der Waals surface area contributed by atoms with E-state index < -0.39 is 0 Å². The first kappa shape index (κ1) is 13.5. The molecule has 0 spiro atoms. The van der Waals surface area contributed by atoms with E-state index in [-0.39, 0.29) is 0 Å². The highest BCUT2D eigenvalue weighted by molar-refractivity contribution is 5.63. The average Bonchev–Trinajstić information content (AvgIpc) is 2.86. The summed E-state index contributed by atoms with van der Waals surface area (Å²) in [6.45, 7) is 4.77. The molecule has 0 aliphatic rings. The summed E-state index contributed by atoms with van der Waals surface area (Å²) >= 11 is 0. The van der Waals surface area contributed by atoms with Gasteiger partial charge in [-0.25, -0.2) is 0 Å². The highest BCUT2D eigenvalue weighted by Crippen LogP contribution is 2.32. The Morgan fingerprint density at radius 2 is 2.11 bits per heavy atom. The topological polar surface area (TPSA) is 74.2 Å². The van der Waals surface area contributed by atoms with Gasteiger partial charge in [-0.15, -0.1) is 10.2 Å². The largest absolute Gasteiger partial charge is 0.496 e. The van der Waals surface area contributed by atoms with Gasteiger partial charge in [-0.3, -0.25) is 0 Å². The van der Waals surface area contributed by atoms with Crippen LogP contribution in [-0.2, 0) is 6.42 Å². The lowest BCUT2D eigenvalue weighted by Crippen LogP contribution is -2.02. The summed E-state index contributed by atoms with van der Waals surface area (Å²) in [5.74, 6) is 2.20. The van der Waals surface area contributed by atoms with Gasteiger partial charge in [-0.05, 0) is 23.6 Å². The molecule has 0 unspecified atom stereocenters. The van der Waals surface area contributed by atoms with E-state index in [1.807, 2.05) is 12.1 Å². The molecular weight excluding hydrogens is 242 g/mol. The molecule has 1 heterocycles. The molecular formula is C14H19N3O2. The standard InChI is InChI=1S/C14H19N3O2/c1-9(2)10-4-5-11(12(8-10)18-3)14-17-16-13(19-14)6-7-15/h4-5,8-9H,6-7,15H2,1-3H3. The minimum absolute atomic E-state index is 0.443. The van der Waals surface area contributed by atoms with Crippen LogP contribution in [0.1, 0.15) is 31.2 Å². The van der Waals surface area contributed by atoms with Gasteiger partial charge in [0.15, 0.2) is 0 Å². The number of aromatic nitrogens is 2. The molecule has 0 fully saturated rings. The van der Waals surface area contributed by atoms with Gasteiger partial charge < -0.3 is 14.9 Å². The second-order valence-corrected chi connectivity index (χ2v) is 4.65. The molecule has 2 rings (SSSR count). The Labute approximate surface area is 112 Å². The average molecular weight is 261 g/mol. The highest BCUT2D eigenvalue weighted by atomic mass is 16.5. The van der Waals surface area contributed by atoms with Crippen molar-refractivity contribution in [2.45, 2.75) is 26.2 Å². The number of ether oxygens (including phenoxy) is 1. The van der Waals surface area contributed by atoms with Gasteiger partial charge in [-0.1, -0.05) is 19.9 Å². The van der Waals surface area contributed by atoms with Gasteiger partial charge in [0.1, 0.15) is 5.75 Å². The van der Waals surface area contributed by atoms with Crippen LogP contribution in [0.2, 0.25) is 0 Å². The van der Waals surface area contributed by atoms with E-state index in [9.17, 15) is 0 Å². The highest BCUT2D eigenvalue weighted by Gasteiger charge is 2.14. The van der Waals surface area contributed by atoms with Crippen LogP contribution in [0.25, 0.3) is 11.5 Å². The van der Waals surface area contributed by atoms with Crippen molar-refractivity contribution in [3.05, 3.63) is 29.7 Å². The van der Waals surface area contributed by atoms with E-state index in [4.69, 9.17) is 14.9 Å². The summed E-state index contributed by atoms with van der Waals surface area (Å²) in [4.78, 5) is 0. The predicted molar refractivity (Wildman–Crippen MR) is 73.1 cm³/mol. The quantitative estimate of drug-likeness (QED) is 0.894. The molecule has 0 saturated carbocycles. The zero-order chi connectivity index (χ0) is 13.8. The Balaban J connectivity index is 2.37. The Kier molecular flexibility index (Phi) is 4.16. The Morgan fingerprint density at radius 1 is 1.32 bits per heavy atom. The number of hydrogen-bond donors (Lipinski definition) is 1. The monoisotopic (exact) mass is 261 g/mol. The molecule has 0 radical (unpaired) electrons. The summed E-state index contributed by atoms with van der Waals surface area (Å²) in [5.41, 5.74) is 7.48. The number of methoxy groups -OCH3 is 1. The third-order valence-corrected chi connectivity index (χ3v) is 2.95. The molecule has 5 heteroatoms. The van der Waals surface area contributed by atoms with Gasteiger partial charge in [0, 0.05) is 13.0 Å². The predicted octanol–water partition coefficient (Wildman–Crippen LogP) is 2.37. The second-order valence-electron chi connectivity index (χ2n) is 4.65. The second kappa shape index (κ2) is 5.84. The van der Waals surface area contributed by atoms with Gasteiger partial charge in [0.25, 0.3) is 5.89 Å². The summed E-state index contributed by atoms with van der Waals surface area (Å²) in [7, 11) is 1.64. The number of nitrogens with two attached hydrogens (primary N) is 1. The van der Waals surface area contributed by atoms with Gasteiger partial charge in [0.2, 0.25) is 5.89 Å². The zero-order valence-corrected chi connectivity index (χ0v) is 11.5. The van der Waals surface area contributed by atoms with Gasteiger partial charge in [-0.2, -0.15) is 0 Å². The Hall–Kier alpha value is -1.88. The molecule has 2 aromatic rings. The van der Waals surface area contributed by atoms with Crippen LogP contribution >= 0.6 is 0 Å². The molecule has 0 bridgehead atoms. The van der Waals surface area contributed by atoms with Crippen molar-refractivity contribution in [2.75, 3.05) is 13.7 Å². The first-order valence-electron chi connectivity index (χ1n) is 6.36. The van der Waals surface area contributed by atoms with Crippen LogP contribution in [0, 0.1) is 0 Å². The fourth-order valence-corrected chi connectivity index (χ4v) is 1.83. The van der Waals surface area contributed by atoms with Crippen LogP contribution in [0.4, 0.5) is 0 Å². The summed E-state index contributed by atoms with van der Waals surface area (Å²) in [6, 6.07) is 6.01. The minimum Gasteiger partial charge on any atom is -0.496 e. The van der Waals surface area contributed by atoms with E-state index >= 15 is 0 Å². The zero-order valence-electron chi connectivity index (χ0n) is 11.5. The van der Waals surface area contributed by atoms with Crippen molar-refractivity contribution in [1.29, 1.82) is 0 Å². The molecule has 0 amide bonds. The maximum absolute atomic E-state index is 5.57. The van der Waals surface area contributed by atoms with Gasteiger partial charge in [0.05, 0.1) is 12.7 Å². The Bertz CT molecular complexity index is 549. The summed E-state index contributed by atoms with van der Waals surface area (Å²) in [6.07, 6.45) is 0.583. The van der Waals surface area contributed by atoms with E-state index in [0.717, 1.165) is 11.3 Å². The molecule has 5 nitrogen and oxygen atoms in total. The molecule has 1 aromatic carbocycles. The Morgan fingerprint density at radius 3 is 2.74 bits per heavy atom. The molecule has 0 atom stereocenters. The van der Waals surface area contributed by atoms with Crippen molar-refractivity contribution in [1.82, 2.24) is 10.2 Å². The summed E-state index contributed by atoms with van der Waals surface area (Å²) in [5, 5.41) is 8.00. The van der Waals surface area contributed by atoms with Crippen molar-refractivity contribution in [2.24, 2.45) is 5.73 Å². The fourth-order valence-electron chi connectivity index (χ4n) is 1.83. The van der Waals surface area contributed by atoms with Crippen molar-refractivity contribution in [3.8, 4) is 17.2 Å². The van der Waals surface area contributed by atoms with Crippen LogP contribution in [0.15, 0.2) is 22.6 Å². The molecule has 102 valence electrons. The SMILES string of the molecule is COc1cc(C(C)C)ccc1-c1nnc(CCN)o1. The number of rotatable bonds is 5. The van der Waals surface area contributed by atoms with Crippen LogP contribution in [0.3, 0.4) is 0 Å². The number of nitrogens with zero attached hydrogens (tertiary/aromatic N) is 2. The normalized spacial score (nSPS) is 11.0. The molecule has 0 aliphatic heterocycles. The van der Waals surface area contributed by atoms with Crippen LogP contribution in [0.5, 0.6) is 5.75 Å². The van der Waals surface area contributed by atoms with Gasteiger partial charge >= 0.3 is 0 Å². The lowest BCUT2D eigenvalue weighted by Gasteiger charge is -2.10. The first-order valence-corrected chi connectivity index (χ1v) is 6.36. The van der Waals surface area contributed by atoms with E-state index in [1.54, 1.807) is 7.11 Å². The third-order valence-electron chi connectivity index (χ3n) is 2.95. The van der Waals surface area contributed by atoms with E-state index in [0.29, 0.717) is 30.7 Å². The molecule has 1 aromatic heterocycles. The lowest BCUT2D eigenvalue weighted by molar-refractivity contribution is 0.412. The number of benzene rings is 1. The van der Waals surface area contributed by atoms with Crippen LogP contribution < -0.4 is 10.5 Å². The molecule has 0 saturated heterocycles. The molecule has 19 heavy (non-hydrogen) atoms. The van der Waals surface area contributed by atoms with E-state index in [2.05, 4.69) is 30.1 Å². The maximum atomic E-state index is 5.57. The van der Waals surface area contributed by atoms with Crippen LogP contribution in [-0.4, -0.2) is 23.9 Å². The first-order chi connectivity index (χ1) is 9.15.